The minimum atomic E-state index is -0.659. The van der Waals surface area contributed by atoms with E-state index in [0.29, 0.717) is 0 Å². The number of ether oxygens (including phenoxy) is 1. The maximum absolute atomic E-state index is 11.0. The molecule has 110 valence electrons. The third kappa shape index (κ3) is 3.31. The number of piperidine rings is 1. The molecule has 1 aromatic carbocycles. The largest absolute Gasteiger partial charge is 0.496 e. The van der Waals surface area contributed by atoms with Crippen molar-refractivity contribution in [3.63, 3.8) is 0 Å². The molecule has 4 heteroatoms. The van der Waals surface area contributed by atoms with Crippen molar-refractivity contribution in [2.45, 2.75) is 33.2 Å². The highest BCUT2D eigenvalue weighted by Gasteiger charge is 2.25. The molecule has 1 saturated heterocycles. The molecule has 1 aliphatic heterocycles. The van der Waals surface area contributed by atoms with Crippen molar-refractivity contribution in [1.29, 1.82) is 0 Å². The van der Waals surface area contributed by atoms with E-state index in [-0.39, 0.29) is 5.92 Å². The lowest BCUT2D eigenvalue weighted by molar-refractivity contribution is -0.143. The number of benzene rings is 1. The molecule has 0 aromatic heterocycles. The van der Waals surface area contributed by atoms with Gasteiger partial charge in [0, 0.05) is 12.1 Å². The molecule has 0 spiro atoms. The van der Waals surface area contributed by atoms with Crippen LogP contribution in [0.4, 0.5) is 0 Å². The number of nitrogens with zero attached hydrogens (tertiary/aromatic N) is 1. The van der Waals surface area contributed by atoms with Crippen molar-refractivity contribution in [2.24, 2.45) is 5.92 Å². The fourth-order valence-corrected chi connectivity index (χ4v) is 2.90. The summed E-state index contributed by atoms with van der Waals surface area (Å²) < 4.78 is 5.49. The summed E-state index contributed by atoms with van der Waals surface area (Å²) in [7, 11) is 1.70. The molecule has 0 radical (unpaired) electrons. The summed E-state index contributed by atoms with van der Waals surface area (Å²) in [5.41, 5.74) is 3.65. The number of carboxylic acid groups (broad SMARTS) is 1. The van der Waals surface area contributed by atoms with Crippen LogP contribution in [0.15, 0.2) is 12.1 Å². The third-order valence-electron chi connectivity index (χ3n) is 4.11. The molecule has 1 fully saturated rings. The number of hydrogen-bond donors (Lipinski definition) is 1. The van der Waals surface area contributed by atoms with Gasteiger partial charge in [0.05, 0.1) is 13.0 Å². The molecule has 1 aromatic rings. The van der Waals surface area contributed by atoms with E-state index < -0.39 is 5.97 Å². The van der Waals surface area contributed by atoms with E-state index in [9.17, 15) is 4.79 Å². The summed E-state index contributed by atoms with van der Waals surface area (Å²) in [6.07, 6.45) is 1.48. The van der Waals surface area contributed by atoms with Crippen LogP contribution in [0, 0.1) is 19.8 Å². The number of aryl methyl sites for hydroxylation is 2. The Hall–Kier alpha value is -1.55. The SMILES string of the molecule is COc1cc(C)cc(C)c1CN1CCC(C(=O)O)CC1. The van der Waals surface area contributed by atoms with Gasteiger partial charge in [0.1, 0.15) is 5.75 Å². The van der Waals surface area contributed by atoms with E-state index in [4.69, 9.17) is 9.84 Å². The summed E-state index contributed by atoms with van der Waals surface area (Å²) in [6, 6.07) is 4.23. The van der Waals surface area contributed by atoms with Gasteiger partial charge in [-0.15, -0.1) is 0 Å². The number of likely N-dealkylation sites (tertiary alicyclic amines) is 1. The number of aliphatic carboxylic acids is 1. The normalized spacial score (nSPS) is 17.1. The Kier molecular flexibility index (Phi) is 4.65. The standard InChI is InChI=1S/C16H23NO3/c1-11-8-12(2)14(15(9-11)20-3)10-17-6-4-13(5-7-17)16(18)19/h8-9,13H,4-7,10H2,1-3H3,(H,18,19). The van der Waals surface area contributed by atoms with E-state index in [0.717, 1.165) is 38.2 Å². The zero-order valence-electron chi connectivity index (χ0n) is 12.5. The molecule has 4 nitrogen and oxygen atoms in total. The van der Waals surface area contributed by atoms with Crippen LogP contribution in [0.3, 0.4) is 0 Å². The van der Waals surface area contributed by atoms with Crippen LogP contribution in [0.25, 0.3) is 0 Å². The predicted octanol–water partition coefficient (Wildman–Crippen LogP) is 2.61. The fourth-order valence-electron chi connectivity index (χ4n) is 2.90. The van der Waals surface area contributed by atoms with Crippen LogP contribution in [0.5, 0.6) is 5.75 Å². The molecule has 0 unspecified atom stereocenters. The summed E-state index contributed by atoms with van der Waals surface area (Å²) in [4.78, 5) is 13.3. The van der Waals surface area contributed by atoms with Gasteiger partial charge in [0.15, 0.2) is 0 Å². The summed E-state index contributed by atoms with van der Waals surface area (Å²) in [5.74, 6) is 0.101. The van der Waals surface area contributed by atoms with Crippen LogP contribution < -0.4 is 4.74 Å². The van der Waals surface area contributed by atoms with Gasteiger partial charge in [-0.25, -0.2) is 0 Å². The topological polar surface area (TPSA) is 49.8 Å². The van der Waals surface area contributed by atoms with Gasteiger partial charge in [0.25, 0.3) is 0 Å². The molecule has 1 N–H and O–H groups in total. The lowest BCUT2D eigenvalue weighted by Gasteiger charge is -2.31. The molecule has 0 amide bonds. The van der Waals surface area contributed by atoms with Gasteiger partial charge in [-0.1, -0.05) is 6.07 Å². The number of rotatable bonds is 4. The maximum Gasteiger partial charge on any atom is 0.306 e. The Labute approximate surface area is 120 Å². The minimum Gasteiger partial charge on any atom is -0.496 e. The molecule has 2 rings (SSSR count). The summed E-state index contributed by atoms with van der Waals surface area (Å²) in [6.45, 7) is 6.69. The Morgan fingerprint density at radius 3 is 2.55 bits per heavy atom. The number of methoxy groups -OCH3 is 1. The van der Waals surface area contributed by atoms with Gasteiger partial charge in [-0.3, -0.25) is 9.69 Å². The van der Waals surface area contributed by atoms with Gasteiger partial charge in [-0.05, 0) is 57.0 Å². The number of carbonyl (C=O) groups is 1. The van der Waals surface area contributed by atoms with Gasteiger partial charge in [-0.2, -0.15) is 0 Å². The fraction of sp³-hybridized carbons (Fsp3) is 0.562. The highest BCUT2D eigenvalue weighted by atomic mass is 16.5. The van der Waals surface area contributed by atoms with Crippen molar-refractivity contribution >= 4 is 5.97 Å². The second-order valence-corrected chi connectivity index (χ2v) is 5.65. The summed E-state index contributed by atoms with van der Waals surface area (Å²) >= 11 is 0. The molecule has 20 heavy (non-hydrogen) atoms. The molecule has 0 atom stereocenters. The van der Waals surface area contributed by atoms with Crippen LogP contribution in [-0.4, -0.2) is 36.2 Å². The highest BCUT2D eigenvalue weighted by Crippen LogP contribution is 2.27. The van der Waals surface area contributed by atoms with Crippen LogP contribution in [0.1, 0.15) is 29.5 Å². The van der Waals surface area contributed by atoms with Crippen molar-refractivity contribution in [1.82, 2.24) is 4.90 Å². The Morgan fingerprint density at radius 2 is 2.00 bits per heavy atom. The number of hydrogen-bond acceptors (Lipinski definition) is 3. The van der Waals surface area contributed by atoms with E-state index >= 15 is 0 Å². The second-order valence-electron chi connectivity index (χ2n) is 5.65. The highest BCUT2D eigenvalue weighted by molar-refractivity contribution is 5.70. The molecule has 1 aliphatic rings. The summed E-state index contributed by atoms with van der Waals surface area (Å²) in [5, 5.41) is 9.03. The van der Waals surface area contributed by atoms with Gasteiger partial charge < -0.3 is 9.84 Å². The van der Waals surface area contributed by atoms with Crippen molar-refractivity contribution in [2.75, 3.05) is 20.2 Å². The lowest BCUT2D eigenvalue weighted by Crippen LogP contribution is -2.36. The van der Waals surface area contributed by atoms with Crippen molar-refractivity contribution in [3.05, 3.63) is 28.8 Å². The molecular formula is C16H23NO3. The van der Waals surface area contributed by atoms with E-state index in [2.05, 4.69) is 30.9 Å². The average molecular weight is 277 g/mol. The minimum absolute atomic E-state index is 0.174. The van der Waals surface area contributed by atoms with E-state index in [1.54, 1.807) is 7.11 Å². The van der Waals surface area contributed by atoms with Crippen LogP contribution in [-0.2, 0) is 11.3 Å². The Morgan fingerprint density at radius 1 is 1.35 bits per heavy atom. The Balaban J connectivity index is 2.06. The quantitative estimate of drug-likeness (QED) is 0.919. The van der Waals surface area contributed by atoms with Gasteiger partial charge >= 0.3 is 5.97 Å². The first-order valence-corrected chi connectivity index (χ1v) is 7.10. The molecule has 0 bridgehead atoms. The first kappa shape index (κ1) is 14.9. The molecule has 1 heterocycles. The zero-order chi connectivity index (χ0) is 14.7. The maximum atomic E-state index is 11.0. The lowest BCUT2D eigenvalue weighted by atomic mass is 9.96. The average Bonchev–Trinajstić information content (AvgIpc) is 2.42. The molecule has 0 aliphatic carbocycles. The zero-order valence-corrected chi connectivity index (χ0v) is 12.5. The smallest absolute Gasteiger partial charge is 0.306 e. The van der Waals surface area contributed by atoms with Gasteiger partial charge in [0.2, 0.25) is 0 Å². The van der Waals surface area contributed by atoms with Crippen molar-refractivity contribution < 1.29 is 14.6 Å². The molecule has 0 saturated carbocycles. The second kappa shape index (κ2) is 6.27. The predicted molar refractivity (Wildman–Crippen MR) is 78.1 cm³/mol. The number of carboxylic acids is 1. The van der Waals surface area contributed by atoms with E-state index in [1.165, 1.54) is 16.7 Å². The Bertz CT molecular complexity index is 491. The first-order chi connectivity index (χ1) is 9.51. The monoisotopic (exact) mass is 277 g/mol. The van der Waals surface area contributed by atoms with Crippen molar-refractivity contribution in [3.8, 4) is 5.75 Å². The van der Waals surface area contributed by atoms with E-state index in [1.807, 2.05) is 0 Å². The van der Waals surface area contributed by atoms with Crippen LogP contribution in [0.2, 0.25) is 0 Å². The first-order valence-electron chi connectivity index (χ1n) is 7.10. The third-order valence-corrected chi connectivity index (χ3v) is 4.11. The molecular weight excluding hydrogens is 254 g/mol. The van der Waals surface area contributed by atoms with Crippen LogP contribution >= 0.6 is 0 Å².